The second-order valence-corrected chi connectivity index (χ2v) is 8.69. The van der Waals surface area contributed by atoms with Gasteiger partial charge < -0.3 is 0 Å². The second kappa shape index (κ2) is 9.05. The van der Waals surface area contributed by atoms with Crippen LogP contribution in [0.5, 0.6) is 0 Å². The molecule has 5 rings (SSSR count). The smallest absolute Gasteiger partial charge is 0.0991 e. The molecule has 2 heterocycles. The predicted octanol–water partition coefficient (Wildman–Crippen LogP) is 3.94. The normalized spacial score (nSPS) is 17.3. The van der Waals surface area contributed by atoms with Crippen molar-refractivity contribution in [1.29, 1.82) is 5.26 Å². The third-order valence-corrected chi connectivity index (χ3v) is 6.56. The van der Waals surface area contributed by atoms with Crippen LogP contribution in [0.4, 0.5) is 0 Å². The first-order chi connectivity index (χ1) is 15.3. The van der Waals surface area contributed by atoms with Gasteiger partial charge in [0.15, 0.2) is 0 Å². The van der Waals surface area contributed by atoms with E-state index in [0.717, 1.165) is 57.7 Å². The van der Waals surface area contributed by atoms with Gasteiger partial charge in [-0.3, -0.25) is 9.80 Å². The van der Waals surface area contributed by atoms with Gasteiger partial charge >= 0.3 is 0 Å². The summed E-state index contributed by atoms with van der Waals surface area (Å²) in [6, 6.07) is 20.8. The Morgan fingerprint density at radius 1 is 0.806 bits per heavy atom. The first-order valence-corrected chi connectivity index (χ1v) is 11.4. The highest BCUT2D eigenvalue weighted by atomic mass is 15.3. The Kier molecular flexibility index (Phi) is 5.84. The minimum absolute atomic E-state index is 0.730. The summed E-state index contributed by atoms with van der Waals surface area (Å²) in [5.74, 6) is 0. The summed E-state index contributed by atoms with van der Waals surface area (Å²) < 4.78 is 2.19. The lowest BCUT2D eigenvalue weighted by atomic mass is 10.1. The molecule has 158 valence electrons. The van der Waals surface area contributed by atoms with Crippen LogP contribution in [0.15, 0.2) is 54.6 Å². The Bertz CT molecular complexity index is 1060. The van der Waals surface area contributed by atoms with E-state index in [1.54, 1.807) is 0 Å². The van der Waals surface area contributed by atoms with Crippen LogP contribution in [-0.4, -0.2) is 45.8 Å². The Morgan fingerprint density at radius 3 is 2.29 bits per heavy atom. The maximum Gasteiger partial charge on any atom is 0.0991 e. The molecule has 3 aromatic rings. The number of hydrogen-bond acceptors (Lipinski definition) is 4. The number of nitrogens with zero attached hydrogens (tertiary/aromatic N) is 5. The van der Waals surface area contributed by atoms with E-state index in [0.29, 0.717) is 0 Å². The van der Waals surface area contributed by atoms with Crippen molar-refractivity contribution in [3.63, 3.8) is 0 Å². The molecule has 2 aromatic carbocycles. The lowest BCUT2D eigenvalue weighted by Gasteiger charge is -2.21. The van der Waals surface area contributed by atoms with Crippen LogP contribution in [0.2, 0.25) is 0 Å². The number of aromatic nitrogens is 2. The molecular formula is C26H29N5. The first-order valence-electron chi connectivity index (χ1n) is 11.4. The SMILES string of the molecule is N#Cc1ccc(CN2CCCN(Cc3nn(-c4ccccc4)c4c3CCC4)CC2)cc1. The van der Waals surface area contributed by atoms with Gasteiger partial charge in [-0.25, -0.2) is 4.68 Å². The number of nitriles is 1. The number of benzene rings is 2. The summed E-state index contributed by atoms with van der Waals surface area (Å²) in [7, 11) is 0. The topological polar surface area (TPSA) is 48.1 Å². The van der Waals surface area contributed by atoms with Crippen molar-refractivity contribution in [1.82, 2.24) is 19.6 Å². The fraction of sp³-hybridized carbons (Fsp3) is 0.385. The number of hydrogen-bond donors (Lipinski definition) is 0. The van der Waals surface area contributed by atoms with Crippen molar-refractivity contribution in [2.24, 2.45) is 0 Å². The van der Waals surface area contributed by atoms with Gasteiger partial charge in [0.05, 0.1) is 23.0 Å². The van der Waals surface area contributed by atoms with Crippen LogP contribution < -0.4 is 0 Å². The Labute approximate surface area is 184 Å². The third-order valence-electron chi connectivity index (χ3n) is 6.56. The molecule has 0 spiro atoms. The number of para-hydroxylation sites is 1. The maximum absolute atomic E-state index is 8.99. The third kappa shape index (κ3) is 4.41. The zero-order valence-electron chi connectivity index (χ0n) is 18.0. The van der Waals surface area contributed by atoms with E-state index < -0.39 is 0 Å². The molecule has 2 aliphatic rings. The first kappa shape index (κ1) is 20.0. The van der Waals surface area contributed by atoms with Gasteiger partial charge in [0, 0.05) is 31.9 Å². The van der Waals surface area contributed by atoms with Gasteiger partial charge in [0.2, 0.25) is 0 Å². The van der Waals surface area contributed by atoms with Crippen molar-refractivity contribution in [2.45, 2.75) is 38.8 Å². The Morgan fingerprint density at radius 2 is 1.55 bits per heavy atom. The molecule has 1 fully saturated rings. The Balaban J connectivity index is 1.25. The van der Waals surface area contributed by atoms with Crippen LogP contribution in [-0.2, 0) is 25.9 Å². The highest BCUT2D eigenvalue weighted by Gasteiger charge is 2.25. The van der Waals surface area contributed by atoms with Crippen LogP contribution in [0, 0.1) is 11.3 Å². The lowest BCUT2D eigenvalue weighted by molar-refractivity contribution is 0.245. The van der Waals surface area contributed by atoms with Crippen molar-refractivity contribution in [3.05, 3.63) is 82.7 Å². The van der Waals surface area contributed by atoms with Crippen LogP contribution in [0.1, 0.15) is 40.9 Å². The molecule has 0 unspecified atom stereocenters. The van der Waals surface area contributed by atoms with E-state index >= 15 is 0 Å². The molecule has 0 bridgehead atoms. The largest absolute Gasteiger partial charge is 0.298 e. The average molecular weight is 412 g/mol. The van der Waals surface area contributed by atoms with Crippen molar-refractivity contribution < 1.29 is 0 Å². The van der Waals surface area contributed by atoms with Crippen molar-refractivity contribution >= 4 is 0 Å². The fourth-order valence-electron chi connectivity index (χ4n) is 4.92. The van der Waals surface area contributed by atoms with Crippen molar-refractivity contribution in [3.8, 4) is 11.8 Å². The summed E-state index contributed by atoms with van der Waals surface area (Å²) in [6.45, 7) is 6.29. The highest BCUT2D eigenvalue weighted by molar-refractivity contribution is 5.40. The maximum atomic E-state index is 8.99. The van der Waals surface area contributed by atoms with Crippen LogP contribution in [0.3, 0.4) is 0 Å². The quantitative estimate of drug-likeness (QED) is 0.638. The minimum atomic E-state index is 0.730. The minimum Gasteiger partial charge on any atom is -0.298 e. The summed E-state index contributed by atoms with van der Waals surface area (Å²) in [5, 5.41) is 14.1. The molecule has 1 aliphatic heterocycles. The molecule has 31 heavy (non-hydrogen) atoms. The van der Waals surface area contributed by atoms with Crippen molar-refractivity contribution in [2.75, 3.05) is 26.2 Å². The lowest BCUT2D eigenvalue weighted by Crippen LogP contribution is -2.30. The average Bonchev–Trinajstić information content (AvgIpc) is 3.35. The van der Waals surface area contributed by atoms with E-state index in [4.69, 9.17) is 10.4 Å². The molecule has 1 aromatic heterocycles. The Hall–Kier alpha value is -2.94. The molecule has 0 amide bonds. The predicted molar refractivity (Wildman–Crippen MR) is 122 cm³/mol. The summed E-state index contributed by atoms with van der Waals surface area (Å²) in [6.07, 6.45) is 4.72. The van der Waals surface area contributed by atoms with Gasteiger partial charge in [-0.1, -0.05) is 30.3 Å². The zero-order chi connectivity index (χ0) is 21.0. The van der Waals surface area contributed by atoms with Gasteiger partial charge in [0.1, 0.15) is 0 Å². The zero-order valence-corrected chi connectivity index (χ0v) is 18.0. The van der Waals surface area contributed by atoms with Gasteiger partial charge in [-0.2, -0.15) is 10.4 Å². The van der Waals surface area contributed by atoms with E-state index in [2.05, 4.69) is 63.0 Å². The molecule has 0 N–H and O–H groups in total. The monoisotopic (exact) mass is 411 g/mol. The fourth-order valence-corrected chi connectivity index (χ4v) is 4.92. The molecule has 0 radical (unpaired) electrons. The summed E-state index contributed by atoms with van der Waals surface area (Å²) in [4.78, 5) is 5.11. The molecule has 5 heteroatoms. The van der Waals surface area contributed by atoms with E-state index in [1.807, 2.05) is 12.1 Å². The van der Waals surface area contributed by atoms with Gasteiger partial charge in [0.25, 0.3) is 0 Å². The van der Waals surface area contributed by atoms with Crippen LogP contribution in [0.25, 0.3) is 5.69 Å². The summed E-state index contributed by atoms with van der Waals surface area (Å²) >= 11 is 0. The van der Waals surface area contributed by atoms with Gasteiger partial charge in [-0.15, -0.1) is 0 Å². The molecule has 1 saturated heterocycles. The second-order valence-electron chi connectivity index (χ2n) is 8.69. The van der Waals surface area contributed by atoms with E-state index in [1.165, 1.54) is 41.0 Å². The number of fused-ring (bicyclic) bond motifs is 1. The molecule has 5 nitrogen and oxygen atoms in total. The van der Waals surface area contributed by atoms with E-state index in [9.17, 15) is 0 Å². The number of rotatable bonds is 5. The molecular weight excluding hydrogens is 382 g/mol. The molecule has 0 saturated carbocycles. The standard InChI is InChI=1S/C26H29N5/c27-18-21-10-12-22(13-11-21)19-29-14-5-15-30(17-16-29)20-25-24-8-4-9-26(24)31(28-25)23-6-2-1-3-7-23/h1-3,6-7,10-13H,4-5,8-9,14-17,19-20H2. The molecule has 0 atom stereocenters. The van der Waals surface area contributed by atoms with Crippen LogP contribution >= 0.6 is 0 Å². The van der Waals surface area contributed by atoms with E-state index in [-0.39, 0.29) is 0 Å². The summed E-state index contributed by atoms with van der Waals surface area (Å²) in [5.41, 5.74) is 7.37. The highest BCUT2D eigenvalue weighted by Crippen LogP contribution is 2.28. The van der Waals surface area contributed by atoms with Gasteiger partial charge in [-0.05, 0) is 74.2 Å². The molecule has 1 aliphatic carbocycles.